The van der Waals surface area contributed by atoms with E-state index in [0.717, 1.165) is 19.2 Å². The van der Waals surface area contributed by atoms with Gasteiger partial charge in [-0.1, -0.05) is 0 Å². The van der Waals surface area contributed by atoms with Crippen molar-refractivity contribution in [3.05, 3.63) is 22.2 Å². The molecule has 0 aliphatic heterocycles. The number of amides is 2. The van der Waals surface area contributed by atoms with Gasteiger partial charge in [0, 0.05) is 12.0 Å². The van der Waals surface area contributed by atoms with E-state index in [1.165, 1.54) is 0 Å². The van der Waals surface area contributed by atoms with Crippen LogP contribution in [0.4, 0.5) is 4.39 Å². The van der Waals surface area contributed by atoms with Gasteiger partial charge in [0.25, 0.3) is 11.8 Å². The maximum atomic E-state index is 13.4. The second-order valence-corrected chi connectivity index (χ2v) is 5.28. The Morgan fingerprint density at radius 2 is 1.87 bits per heavy atom. The minimum atomic E-state index is -2.16. The zero-order valence-corrected chi connectivity index (χ0v) is 13.5. The van der Waals surface area contributed by atoms with Crippen molar-refractivity contribution in [2.75, 3.05) is 7.11 Å². The standard InChI is InChI=1S/C13H14BrFN2O6/c1-23-13(22)7(4-6(15)11(16)20)17-12(21)5-2-8(18)10(14)9(19)3-5/h2-3,6-7,18-19H,4H2,1H3,(H2,16,20)(H,17,21)/t6-,7-/m0/s1. The number of carbonyl (C=O) groups excluding carboxylic acids is 3. The highest BCUT2D eigenvalue weighted by molar-refractivity contribution is 9.10. The third-order valence-corrected chi connectivity index (χ3v) is 3.65. The number of phenols is 2. The van der Waals surface area contributed by atoms with Gasteiger partial charge in [0.1, 0.15) is 22.0 Å². The average molecular weight is 393 g/mol. The number of nitrogens with one attached hydrogen (secondary N) is 1. The molecule has 10 heteroatoms. The quantitative estimate of drug-likeness (QED) is 0.515. The van der Waals surface area contributed by atoms with E-state index in [-0.39, 0.29) is 10.0 Å². The van der Waals surface area contributed by atoms with Crippen LogP contribution < -0.4 is 11.1 Å². The minimum absolute atomic E-state index is 0.0175. The number of esters is 1. The molecule has 0 heterocycles. The van der Waals surface area contributed by atoms with Gasteiger partial charge in [-0.05, 0) is 28.1 Å². The molecule has 23 heavy (non-hydrogen) atoms. The summed E-state index contributed by atoms with van der Waals surface area (Å²) in [7, 11) is 1.02. The minimum Gasteiger partial charge on any atom is -0.507 e. The van der Waals surface area contributed by atoms with Crippen molar-refractivity contribution in [1.82, 2.24) is 5.32 Å². The van der Waals surface area contributed by atoms with Crippen LogP contribution in [0, 0.1) is 0 Å². The van der Waals surface area contributed by atoms with Gasteiger partial charge in [-0.15, -0.1) is 0 Å². The number of primary amides is 1. The molecule has 0 aliphatic carbocycles. The molecule has 0 saturated heterocycles. The van der Waals surface area contributed by atoms with Gasteiger partial charge >= 0.3 is 5.97 Å². The van der Waals surface area contributed by atoms with E-state index in [4.69, 9.17) is 5.73 Å². The molecule has 1 aromatic carbocycles. The lowest BCUT2D eigenvalue weighted by atomic mass is 10.1. The summed E-state index contributed by atoms with van der Waals surface area (Å²) in [6.45, 7) is 0. The predicted molar refractivity (Wildman–Crippen MR) is 79.4 cm³/mol. The van der Waals surface area contributed by atoms with Gasteiger partial charge in [-0.2, -0.15) is 0 Å². The van der Waals surface area contributed by atoms with Crippen molar-refractivity contribution in [1.29, 1.82) is 0 Å². The first-order valence-electron chi connectivity index (χ1n) is 6.21. The van der Waals surface area contributed by atoms with Crippen molar-refractivity contribution in [2.45, 2.75) is 18.6 Å². The SMILES string of the molecule is COC(=O)[C@H](C[C@H](F)C(N)=O)NC(=O)c1cc(O)c(Br)c(O)c1. The first kappa shape index (κ1) is 18.7. The second kappa shape index (κ2) is 7.77. The van der Waals surface area contributed by atoms with Crippen molar-refractivity contribution in [3.63, 3.8) is 0 Å². The van der Waals surface area contributed by atoms with Crippen LogP contribution in [0.15, 0.2) is 16.6 Å². The molecule has 0 spiro atoms. The van der Waals surface area contributed by atoms with E-state index >= 15 is 0 Å². The number of rotatable bonds is 6. The number of alkyl halides is 1. The molecule has 8 nitrogen and oxygen atoms in total. The number of nitrogens with two attached hydrogens (primary N) is 1. The Hall–Kier alpha value is -2.36. The number of carbonyl (C=O) groups is 3. The smallest absolute Gasteiger partial charge is 0.328 e. The fourth-order valence-corrected chi connectivity index (χ4v) is 1.88. The monoisotopic (exact) mass is 392 g/mol. The fourth-order valence-electron chi connectivity index (χ4n) is 1.65. The summed E-state index contributed by atoms with van der Waals surface area (Å²) >= 11 is 2.89. The molecular formula is C13H14BrFN2O6. The molecule has 1 aromatic rings. The highest BCUT2D eigenvalue weighted by atomic mass is 79.9. The summed E-state index contributed by atoms with van der Waals surface area (Å²) in [6, 6.07) is 0.575. The number of halogens is 2. The Morgan fingerprint density at radius 3 is 2.30 bits per heavy atom. The molecule has 0 aliphatic rings. The molecule has 0 aromatic heterocycles. The van der Waals surface area contributed by atoms with Gasteiger partial charge in [0.15, 0.2) is 6.17 Å². The Labute approximate surface area is 138 Å². The van der Waals surface area contributed by atoms with Crippen LogP contribution >= 0.6 is 15.9 Å². The zero-order chi connectivity index (χ0) is 17.7. The van der Waals surface area contributed by atoms with Gasteiger partial charge in [0.05, 0.1) is 7.11 Å². The van der Waals surface area contributed by atoms with Crippen molar-refractivity contribution >= 4 is 33.7 Å². The molecule has 0 fully saturated rings. The second-order valence-electron chi connectivity index (χ2n) is 4.48. The van der Waals surface area contributed by atoms with Crippen LogP contribution in [0.1, 0.15) is 16.8 Å². The zero-order valence-electron chi connectivity index (χ0n) is 11.9. The normalized spacial score (nSPS) is 13.0. The fraction of sp³-hybridized carbons (Fsp3) is 0.308. The van der Waals surface area contributed by atoms with E-state index in [1.807, 2.05) is 0 Å². The summed E-state index contributed by atoms with van der Waals surface area (Å²) in [4.78, 5) is 34.3. The summed E-state index contributed by atoms with van der Waals surface area (Å²) < 4.78 is 17.8. The number of ether oxygens (including phenoxy) is 1. The number of aromatic hydroxyl groups is 2. The molecule has 2 atom stereocenters. The lowest BCUT2D eigenvalue weighted by molar-refractivity contribution is -0.143. The maximum Gasteiger partial charge on any atom is 0.328 e. The number of hydrogen-bond donors (Lipinski definition) is 4. The Morgan fingerprint density at radius 1 is 1.35 bits per heavy atom. The number of benzene rings is 1. The molecule has 0 radical (unpaired) electrons. The van der Waals surface area contributed by atoms with Crippen molar-refractivity contribution in [3.8, 4) is 11.5 Å². The summed E-state index contributed by atoms with van der Waals surface area (Å²) in [6.07, 6.45) is -2.87. The van der Waals surface area contributed by atoms with Gasteiger partial charge in [-0.25, -0.2) is 9.18 Å². The van der Waals surface area contributed by atoms with Crippen molar-refractivity contribution < 1.29 is 33.7 Å². The summed E-state index contributed by atoms with van der Waals surface area (Å²) in [5, 5.41) is 21.2. The largest absolute Gasteiger partial charge is 0.507 e. The van der Waals surface area contributed by atoms with E-state index in [9.17, 15) is 29.0 Å². The summed E-state index contributed by atoms with van der Waals surface area (Å²) in [5.74, 6) is -3.98. The average Bonchev–Trinajstić information content (AvgIpc) is 2.50. The Balaban J connectivity index is 2.97. The number of phenolic OH excluding ortho intramolecular Hbond substituents is 2. The third-order valence-electron chi connectivity index (χ3n) is 2.84. The lowest BCUT2D eigenvalue weighted by Gasteiger charge is -2.17. The van der Waals surface area contributed by atoms with Crippen molar-refractivity contribution in [2.24, 2.45) is 5.73 Å². The van der Waals surface area contributed by atoms with Gasteiger partial charge in [0.2, 0.25) is 0 Å². The highest BCUT2D eigenvalue weighted by Gasteiger charge is 2.28. The lowest BCUT2D eigenvalue weighted by Crippen LogP contribution is -2.45. The summed E-state index contributed by atoms with van der Waals surface area (Å²) in [5.41, 5.74) is 4.59. The molecule has 2 amide bonds. The van der Waals surface area contributed by atoms with Crippen LogP contribution in [0.3, 0.4) is 0 Å². The number of methoxy groups -OCH3 is 1. The van der Waals surface area contributed by atoms with E-state index in [1.54, 1.807) is 0 Å². The molecule has 1 rings (SSSR count). The molecule has 126 valence electrons. The van der Waals surface area contributed by atoms with Crippen LogP contribution in [0.5, 0.6) is 11.5 Å². The maximum absolute atomic E-state index is 13.4. The third kappa shape index (κ3) is 4.81. The van der Waals surface area contributed by atoms with E-state index < -0.39 is 47.9 Å². The van der Waals surface area contributed by atoms with Crippen LogP contribution in [0.25, 0.3) is 0 Å². The highest BCUT2D eigenvalue weighted by Crippen LogP contribution is 2.33. The first-order chi connectivity index (χ1) is 10.7. The van der Waals surface area contributed by atoms with E-state index in [2.05, 4.69) is 26.0 Å². The number of hydrogen-bond acceptors (Lipinski definition) is 6. The van der Waals surface area contributed by atoms with Gasteiger partial charge < -0.3 is 26.0 Å². The van der Waals surface area contributed by atoms with Crippen LogP contribution in [-0.4, -0.2) is 47.3 Å². The molecule has 0 unspecified atom stereocenters. The predicted octanol–water partition coefficient (Wildman–Crippen LogP) is 0.345. The molecular weight excluding hydrogens is 379 g/mol. The molecule has 5 N–H and O–H groups in total. The first-order valence-corrected chi connectivity index (χ1v) is 7.00. The molecule has 0 bridgehead atoms. The Kier molecular flexibility index (Phi) is 6.31. The molecule has 0 saturated carbocycles. The van der Waals surface area contributed by atoms with Gasteiger partial charge in [-0.3, -0.25) is 9.59 Å². The van der Waals surface area contributed by atoms with Crippen LogP contribution in [-0.2, 0) is 14.3 Å². The Bertz CT molecular complexity index is 616. The topological polar surface area (TPSA) is 139 Å². The van der Waals surface area contributed by atoms with E-state index in [0.29, 0.717) is 0 Å². The van der Waals surface area contributed by atoms with Crippen LogP contribution in [0.2, 0.25) is 0 Å².